The molecule has 3 aromatic rings. The molecule has 0 spiro atoms. The van der Waals surface area contributed by atoms with Gasteiger partial charge in [0.1, 0.15) is 0 Å². The van der Waals surface area contributed by atoms with Gasteiger partial charge < -0.3 is 19.9 Å². The van der Waals surface area contributed by atoms with Crippen LogP contribution in [0.3, 0.4) is 0 Å². The predicted octanol–water partition coefficient (Wildman–Crippen LogP) is 2.47. The molecule has 0 radical (unpaired) electrons. The van der Waals surface area contributed by atoms with Crippen LogP contribution in [-0.2, 0) is 21.2 Å². The SMILES string of the molecule is CCc1nn(S(=O)(=O)c2cccc(N3CC[C@H](OC)C3)c2)c2cc(N3CCNCC3)ccc12. The maximum atomic E-state index is 13.8. The van der Waals surface area contributed by atoms with Gasteiger partial charge in [0.05, 0.1) is 22.2 Å². The summed E-state index contributed by atoms with van der Waals surface area (Å²) in [4.78, 5) is 4.71. The van der Waals surface area contributed by atoms with Gasteiger partial charge in [-0.2, -0.15) is 17.6 Å². The van der Waals surface area contributed by atoms with Gasteiger partial charge in [0.25, 0.3) is 10.0 Å². The fourth-order valence-corrected chi connectivity index (χ4v) is 6.14. The summed E-state index contributed by atoms with van der Waals surface area (Å²) in [5.41, 5.74) is 3.34. The molecule has 0 unspecified atom stereocenters. The van der Waals surface area contributed by atoms with Gasteiger partial charge in [-0.15, -0.1) is 0 Å². The first-order valence-corrected chi connectivity index (χ1v) is 13.1. The summed E-state index contributed by atoms with van der Waals surface area (Å²) in [7, 11) is -2.14. The highest BCUT2D eigenvalue weighted by Gasteiger charge is 2.26. The molecule has 2 aromatic carbocycles. The van der Waals surface area contributed by atoms with E-state index < -0.39 is 10.0 Å². The fourth-order valence-electron chi connectivity index (χ4n) is 4.80. The second kappa shape index (κ2) is 8.96. The zero-order chi connectivity index (χ0) is 23.0. The van der Waals surface area contributed by atoms with Crippen LogP contribution in [0.4, 0.5) is 11.4 Å². The first-order chi connectivity index (χ1) is 16.0. The minimum Gasteiger partial charge on any atom is -0.380 e. The molecule has 1 aromatic heterocycles. The van der Waals surface area contributed by atoms with E-state index in [1.54, 1.807) is 25.3 Å². The lowest BCUT2D eigenvalue weighted by molar-refractivity contribution is 0.121. The van der Waals surface area contributed by atoms with E-state index in [1.807, 2.05) is 25.1 Å². The van der Waals surface area contributed by atoms with Crippen molar-refractivity contribution in [3.05, 3.63) is 48.2 Å². The van der Waals surface area contributed by atoms with Crippen LogP contribution in [0.15, 0.2) is 47.4 Å². The number of aryl methyl sites for hydroxylation is 1. The highest BCUT2D eigenvalue weighted by Crippen LogP contribution is 2.30. The normalized spacial score (nSPS) is 19.5. The van der Waals surface area contributed by atoms with Gasteiger partial charge in [0.15, 0.2) is 0 Å². The van der Waals surface area contributed by atoms with Gasteiger partial charge in [-0.1, -0.05) is 13.0 Å². The van der Waals surface area contributed by atoms with E-state index >= 15 is 0 Å². The van der Waals surface area contributed by atoms with Crippen LogP contribution in [0.25, 0.3) is 10.9 Å². The van der Waals surface area contributed by atoms with E-state index in [-0.39, 0.29) is 11.0 Å². The number of fused-ring (bicyclic) bond motifs is 1. The van der Waals surface area contributed by atoms with Crippen LogP contribution in [-0.4, -0.2) is 70.1 Å². The number of anilines is 2. The number of aromatic nitrogens is 2. The molecule has 33 heavy (non-hydrogen) atoms. The molecule has 2 fully saturated rings. The van der Waals surface area contributed by atoms with Crippen LogP contribution in [0.1, 0.15) is 19.0 Å². The number of rotatable bonds is 6. The molecule has 8 nitrogen and oxygen atoms in total. The van der Waals surface area contributed by atoms with Gasteiger partial charge in [0, 0.05) is 63.1 Å². The highest BCUT2D eigenvalue weighted by atomic mass is 32.2. The van der Waals surface area contributed by atoms with Crippen molar-refractivity contribution in [2.45, 2.75) is 30.8 Å². The van der Waals surface area contributed by atoms with E-state index in [2.05, 4.69) is 26.3 Å². The molecule has 0 aliphatic carbocycles. The van der Waals surface area contributed by atoms with Crippen LogP contribution in [0.2, 0.25) is 0 Å². The zero-order valence-electron chi connectivity index (χ0n) is 19.2. The third kappa shape index (κ3) is 4.09. The predicted molar refractivity (Wildman–Crippen MR) is 131 cm³/mol. The molecule has 0 amide bonds. The third-order valence-corrected chi connectivity index (χ3v) is 8.30. The fraction of sp³-hybridized carbons (Fsp3) is 0.458. The van der Waals surface area contributed by atoms with E-state index in [4.69, 9.17) is 4.74 Å². The maximum Gasteiger partial charge on any atom is 0.283 e. The number of hydrogen-bond acceptors (Lipinski definition) is 7. The van der Waals surface area contributed by atoms with Crippen molar-refractivity contribution in [3.63, 3.8) is 0 Å². The number of methoxy groups -OCH3 is 1. The summed E-state index contributed by atoms with van der Waals surface area (Å²) in [5.74, 6) is 0. The third-order valence-electron chi connectivity index (χ3n) is 6.71. The second-order valence-electron chi connectivity index (χ2n) is 8.68. The number of benzene rings is 2. The number of hydrogen-bond donors (Lipinski definition) is 1. The van der Waals surface area contributed by atoms with Crippen molar-refractivity contribution in [3.8, 4) is 0 Å². The monoisotopic (exact) mass is 469 g/mol. The van der Waals surface area contributed by atoms with Crippen LogP contribution in [0.5, 0.6) is 0 Å². The summed E-state index contributed by atoms with van der Waals surface area (Å²) in [6.07, 6.45) is 1.78. The standard InChI is InChI=1S/C24H31N5O3S/c1-3-23-22-8-7-19(27-13-10-25-11-14-27)16-24(22)29(26-23)33(30,31)21-6-4-5-18(15-21)28-12-9-20(17-28)32-2/h4-8,15-16,20,25H,3,9-14,17H2,1-2H3/t20-/m0/s1. The second-order valence-corrected chi connectivity index (χ2v) is 10.4. The van der Waals surface area contributed by atoms with E-state index in [1.165, 1.54) is 4.09 Å². The Hall–Kier alpha value is -2.62. The molecule has 2 aliphatic heterocycles. The Morgan fingerprint density at radius 1 is 1.06 bits per heavy atom. The van der Waals surface area contributed by atoms with Crippen molar-refractivity contribution < 1.29 is 13.2 Å². The van der Waals surface area contributed by atoms with E-state index in [0.29, 0.717) is 11.9 Å². The lowest BCUT2D eigenvalue weighted by Crippen LogP contribution is -2.43. The summed E-state index contributed by atoms with van der Waals surface area (Å²) >= 11 is 0. The molecule has 2 aliphatic rings. The van der Waals surface area contributed by atoms with Gasteiger partial charge in [0.2, 0.25) is 0 Å². The first kappa shape index (κ1) is 22.2. The van der Waals surface area contributed by atoms with Crippen molar-refractivity contribution >= 4 is 32.3 Å². The van der Waals surface area contributed by atoms with E-state index in [9.17, 15) is 8.42 Å². The summed E-state index contributed by atoms with van der Waals surface area (Å²) < 4.78 is 34.3. The van der Waals surface area contributed by atoms with Gasteiger partial charge in [-0.05, 0) is 49.2 Å². The number of nitrogens with zero attached hydrogens (tertiary/aromatic N) is 4. The molecule has 0 bridgehead atoms. The Bertz CT molecular complexity index is 1250. The molecule has 9 heteroatoms. The topological polar surface area (TPSA) is 79.7 Å². The molecule has 0 saturated carbocycles. The Morgan fingerprint density at radius 3 is 2.58 bits per heavy atom. The average molecular weight is 470 g/mol. The van der Waals surface area contributed by atoms with Crippen LogP contribution < -0.4 is 15.1 Å². The summed E-state index contributed by atoms with van der Waals surface area (Å²) in [5, 5.41) is 8.81. The van der Waals surface area contributed by atoms with Gasteiger partial charge in [-0.25, -0.2) is 0 Å². The van der Waals surface area contributed by atoms with Gasteiger partial charge >= 0.3 is 0 Å². The Labute approximate surface area is 195 Å². The molecule has 176 valence electrons. The number of piperazine rings is 1. The molecule has 2 saturated heterocycles. The smallest absolute Gasteiger partial charge is 0.283 e. The highest BCUT2D eigenvalue weighted by molar-refractivity contribution is 7.90. The zero-order valence-corrected chi connectivity index (χ0v) is 20.0. The van der Waals surface area contributed by atoms with Crippen molar-refractivity contribution in [2.75, 3.05) is 56.2 Å². The lowest BCUT2D eigenvalue weighted by Gasteiger charge is -2.29. The molecule has 5 rings (SSSR count). The largest absolute Gasteiger partial charge is 0.380 e. The number of nitrogens with one attached hydrogen (secondary N) is 1. The Morgan fingerprint density at radius 2 is 1.85 bits per heavy atom. The quantitative estimate of drug-likeness (QED) is 0.594. The Balaban J connectivity index is 1.55. The molecule has 1 atom stereocenters. The minimum absolute atomic E-state index is 0.177. The molecule has 3 heterocycles. The minimum atomic E-state index is -3.86. The maximum absolute atomic E-state index is 13.8. The summed E-state index contributed by atoms with van der Waals surface area (Å²) in [6.45, 7) is 7.25. The lowest BCUT2D eigenvalue weighted by atomic mass is 10.1. The summed E-state index contributed by atoms with van der Waals surface area (Å²) in [6, 6.07) is 13.2. The van der Waals surface area contributed by atoms with Crippen molar-refractivity contribution in [1.82, 2.24) is 14.5 Å². The average Bonchev–Trinajstić information content (AvgIpc) is 3.49. The van der Waals surface area contributed by atoms with Crippen molar-refractivity contribution in [2.24, 2.45) is 0 Å². The van der Waals surface area contributed by atoms with Crippen LogP contribution >= 0.6 is 0 Å². The van der Waals surface area contributed by atoms with Crippen LogP contribution in [0, 0.1) is 0 Å². The van der Waals surface area contributed by atoms with E-state index in [0.717, 1.165) is 68.1 Å². The molecular weight excluding hydrogens is 438 g/mol. The first-order valence-electron chi connectivity index (χ1n) is 11.6. The number of ether oxygens (including phenoxy) is 1. The molecular formula is C24H31N5O3S. The van der Waals surface area contributed by atoms with Crippen molar-refractivity contribution in [1.29, 1.82) is 0 Å². The van der Waals surface area contributed by atoms with Gasteiger partial charge in [-0.3, -0.25) is 0 Å². The molecule has 1 N–H and O–H groups in total. The Kier molecular flexibility index (Phi) is 6.03.